The molecule has 1 heterocycles. The second kappa shape index (κ2) is 6.35. The van der Waals surface area contributed by atoms with Gasteiger partial charge >= 0.3 is 0 Å². The van der Waals surface area contributed by atoms with Crippen LogP contribution in [0, 0.1) is 11.3 Å². The van der Waals surface area contributed by atoms with Crippen molar-refractivity contribution in [3.05, 3.63) is 29.8 Å². The molecule has 1 aliphatic rings. The molecule has 2 rings (SSSR count). The second-order valence-electron chi connectivity index (χ2n) is 4.96. The lowest BCUT2D eigenvalue weighted by molar-refractivity contribution is 0.249. The van der Waals surface area contributed by atoms with Gasteiger partial charge in [-0.2, -0.15) is 9.57 Å². The molecule has 0 saturated carbocycles. The van der Waals surface area contributed by atoms with Gasteiger partial charge in [-0.15, -0.1) is 0 Å². The standard InChI is InChI=1S/C14H19N3O2S/c1-16-11-13-4-2-3-9-17(13)20(18,19)14-7-5-12(10-15)6-8-14/h5-8,13,16H,2-4,9,11H2,1H3. The van der Waals surface area contributed by atoms with E-state index in [2.05, 4.69) is 5.32 Å². The molecule has 1 N–H and O–H groups in total. The van der Waals surface area contributed by atoms with E-state index < -0.39 is 10.0 Å². The lowest BCUT2D eigenvalue weighted by Crippen LogP contribution is -2.47. The molecule has 0 bridgehead atoms. The molecule has 0 aromatic heterocycles. The third kappa shape index (κ3) is 3.01. The predicted molar refractivity (Wildman–Crippen MR) is 76.6 cm³/mol. The third-order valence-corrected chi connectivity index (χ3v) is 5.57. The number of nitriles is 1. The summed E-state index contributed by atoms with van der Waals surface area (Å²) in [5.74, 6) is 0. The molecule has 1 aromatic carbocycles. The monoisotopic (exact) mass is 293 g/mol. The Morgan fingerprint density at radius 2 is 2.05 bits per heavy atom. The zero-order valence-electron chi connectivity index (χ0n) is 11.5. The topological polar surface area (TPSA) is 73.2 Å². The van der Waals surface area contributed by atoms with Crippen molar-refractivity contribution in [1.29, 1.82) is 5.26 Å². The van der Waals surface area contributed by atoms with Crippen LogP contribution in [0.2, 0.25) is 0 Å². The van der Waals surface area contributed by atoms with Crippen LogP contribution in [0.15, 0.2) is 29.2 Å². The smallest absolute Gasteiger partial charge is 0.243 e. The van der Waals surface area contributed by atoms with Crippen LogP contribution in [0.25, 0.3) is 0 Å². The first-order chi connectivity index (χ1) is 9.59. The van der Waals surface area contributed by atoms with Gasteiger partial charge in [0.15, 0.2) is 0 Å². The maximum absolute atomic E-state index is 12.7. The molecule has 1 fully saturated rings. The number of sulfonamides is 1. The van der Waals surface area contributed by atoms with Gasteiger partial charge in [0.1, 0.15) is 0 Å². The Bertz CT molecular complexity index is 588. The van der Waals surface area contributed by atoms with E-state index in [0.29, 0.717) is 18.7 Å². The number of likely N-dealkylation sites (N-methyl/N-ethyl adjacent to an activating group) is 1. The van der Waals surface area contributed by atoms with E-state index >= 15 is 0 Å². The Morgan fingerprint density at radius 1 is 1.35 bits per heavy atom. The summed E-state index contributed by atoms with van der Waals surface area (Å²) in [7, 11) is -1.64. The molecule has 1 atom stereocenters. The molecule has 0 amide bonds. The van der Waals surface area contributed by atoms with E-state index in [4.69, 9.17) is 5.26 Å². The molecule has 0 spiro atoms. The summed E-state index contributed by atoms with van der Waals surface area (Å²) in [6.07, 6.45) is 2.85. The van der Waals surface area contributed by atoms with Gasteiger partial charge in [-0.1, -0.05) is 6.42 Å². The highest BCUT2D eigenvalue weighted by Crippen LogP contribution is 2.25. The first-order valence-corrected chi connectivity index (χ1v) is 8.20. The second-order valence-corrected chi connectivity index (χ2v) is 6.85. The van der Waals surface area contributed by atoms with Crippen LogP contribution in [0.5, 0.6) is 0 Å². The summed E-state index contributed by atoms with van der Waals surface area (Å²) in [5.41, 5.74) is 0.467. The number of hydrogen-bond donors (Lipinski definition) is 1. The molecule has 0 radical (unpaired) electrons. The summed E-state index contributed by atoms with van der Waals surface area (Å²) in [5, 5.41) is 11.8. The SMILES string of the molecule is CNCC1CCCCN1S(=O)(=O)c1ccc(C#N)cc1. The number of nitrogens with one attached hydrogen (secondary N) is 1. The number of hydrogen-bond acceptors (Lipinski definition) is 4. The van der Waals surface area contributed by atoms with Crippen molar-refractivity contribution in [2.24, 2.45) is 0 Å². The molecule has 5 nitrogen and oxygen atoms in total. The maximum atomic E-state index is 12.7. The largest absolute Gasteiger partial charge is 0.318 e. The number of benzene rings is 1. The molecule has 20 heavy (non-hydrogen) atoms. The van der Waals surface area contributed by atoms with Gasteiger partial charge < -0.3 is 5.32 Å². The summed E-state index contributed by atoms with van der Waals surface area (Å²) in [6.45, 7) is 1.23. The van der Waals surface area contributed by atoms with E-state index in [1.54, 1.807) is 16.4 Å². The maximum Gasteiger partial charge on any atom is 0.243 e. The summed E-state index contributed by atoms with van der Waals surface area (Å²) in [4.78, 5) is 0.263. The molecule has 1 aliphatic heterocycles. The van der Waals surface area contributed by atoms with Crippen LogP contribution >= 0.6 is 0 Å². The minimum atomic E-state index is -3.47. The van der Waals surface area contributed by atoms with Crippen LogP contribution in [0.4, 0.5) is 0 Å². The average Bonchev–Trinajstić information content (AvgIpc) is 2.48. The lowest BCUT2D eigenvalue weighted by atomic mass is 10.1. The van der Waals surface area contributed by atoms with Crippen LogP contribution < -0.4 is 5.32 Å². The van der Waals surface area contributed by atoms with Crippen LogP contribution in [0.3, 0.4) is 0 Å². The van der Waals surface area contributed by atoms with Crippen molar-refractivity contribution in [2.45, 2.75) is 30.2 Å². The van der Waals surface area contributed by atoms with Crippen molar-refractivity contribution >= 4 is 10.0 Å². The van der Waals surface area contributed by atoms with Gasteiger partial charge in [-0.3, -0.25) is 0 Å². The van der Waals surface area contributed by atoms with E-state index in [-0.39, 0.29) is 10.9 Å². The Hall–Kier alpha value is -1.42. The van der Waals surface area contributed by atoms with Crippen LogP contribution in [0.1, 0.15) is 24.8 Å². The van der Waals surface area contributed by atoms with Gasteiger partial charge in [0.25, 0.3) is 0 Å². The zero-order valence-corrected chi connectivity index (χ0v) is 12.4. The number of piperidine rings is 1. The van der Waals surface area contributed by atoms with Crippen LogP contribution in [-0.4, -0.2) is 38.9 Å². The van der Waals surface area contributed by atoms with E-state index in [0.717, 1.165) is 19.3 Å². The van der Waals surface area contributed by atoms with Gasteiger partial charge in [-0.25, -0.2) is 8.42 Å². The van der Waals surface area contributed by atoms with Gasteiger partial charge in [0.2, 0.25) is 10.0 Å². The van der Waals surface area contributed by atoms with Gasteiger partial charge in [-0.05, 0) is 44.2 Å². The molecule has 6 heteroatoms. The Labute approximate surface area is 120 Å². The molecule has 108 valence electrons. The van der Waals surface area contributed by atoms with Crippen molar-refractivity contribution in [1.82, 2.24) is 9.62 Å². The van der Waals surface area contributed by atoms with E-state index in [1.807, 2.05) is 13.1 Å². The highest BCUT2D eigenvalue weighted by Gasteiger charge is 2.32. The Morgan fingerprint density at radius 3 is 2.65 bits per heavy atom. The third-order valence-electron chi connectivity index (χ3n) is 3.60. The fourth-order valence-electron chi connectivity index (χ4n) is 2.57. The minimum absolute atomic E-state index is 0.00870. The molecular weight excluding hydrogens is 274 g/mol. The highest BCUT2D eigenvalue weighted by molar-refractivity contribution is 7.89. The first-order valence-electron chi connectivity index (χ1n) is 6.76. The first kappa shape index (κ1) is 15.0. The molecular formula is C14H19N3O2S. The van der Waals surface area contributed by atoms with E-state index in [1.165, 1.54) is 12.1 Å². The number of rotatable bonds is 4. The van der Waals surface area contributed by atoms with Crippen molar-refractivity contribution in [2.75, 3.05) is 20.1 Å². The predicted octanol–water partition coefficient (Wildman–Crippen LogP) is 1.32. The normalized spacial score (nSPS) is 20.5. The fourth-order valence-corrected chi connectivity index (χ4v) is 4.26. The average molecular weight is 293 g/mol. The summed E-state index contributed by atoms with van der Waals surface area (Å²) in [6, 6.07) is 8.12. The fraction of sp³-hybridized carbons (Fsp3) is 0.500. The quantitative estimate of drug-likeness (QED) is 0.908. The summed E-state index contributed by atoms with van der Waals surface area (Å²) >= 11 is 0. The zero-order chi connectivity index (χ0) is 14.6. The van der Waals surface area contributed by atoms with E-state index in [9.17, 15) is 8.42 Å². The minimum Gasteiger partial charge on any atom is -0.318 e. The molecule has 1 aromatic rings. The molecule has 1 saturated heterocycles. The molecule has 1 unspecified atom stereocenters. The van der Waals surface area contributed by atoms with Gasteiger partial charge in [0.05, 0.1) is 16.5 Å². The Balaban J connectivity index is 2.29. The van der Waals surface area contributed by atoms with Gasteiger partial charge in [0, 0.05) is 19.1 Å². The van der Waals surface area contributed by atoms with Crippen molar-refractivity contribution in [3.8, 4) is 6.07 Å². The number of nitrogens with zero attached hydrogens (tertiary/aromatic N) is 2. The Kier molecular flexibility index (Phi) is 4.76. The van der Waals surface area contributed by atoms with Crippen molar-refractivity contribution in [3.63, 3.8) is 0 Å². The van der Waals surface area contributed by atoms with Crippen molar-refractivity contribution < 1.29 is 8.42 Å². The molecule has 0 aliphatic carbocycles. The summed E-state index contributed by atoms with van der Waals surface area (Å²) < 4.78 is 27.0. The lowest BCUT2D eigenvalue weighted by Gasteiger charge is -2.34. The highest BCUT2D eigenvalue weighted by atomic mass is 32.2. The van der Waals surface area contributed by atoms with Crippen LogP contribution in [-0.2, 0) is 10.0 Å².